The predicted octanol–water partition coefficient (Wildman–Crippen LogP) is 4.15. The zero-order valence-corrected chi connectivity index (χ0v) is 17.4. The van der Waals surface area contributed by atoms with Crippen LogP contribution in [-0.4, -0.2) is 30.2 Å². The zero-order valence-electron chi connectivity index (χ0n) is 15.0. The van der Waals surface area contributed by atoms with Crippen molar-refractivity contribution in [3.8, 4) is 5.75 Å². The number of thiocarbonyl (C=S) groups is 1. The minimum atomic E-state index is -0.426. The highest BCUT2D eigenvalue weighted by atomic mass is 79.9. The number of ether oxygens (including phenoxy) is 2. The van der Waals surface area contributed by atoms with Gasteiger partial charge in [0.2, 0.25) is 0 Å². The molecule has 2 aromatic rings. The molecule has 0 saturated carbocycles. The van der Waals surface area contributed by atoms with Crippen molar-refractivity contribution >= 4 is 50.8 Å². The summed E-state index contributed by atoms with van der Waals surface area (Å²) in [6.07, 6.45) is -0.0730. The van der Waals surface area contributed by atoms with Crippen molar-refractivity contribution < 1.29 is 19.1 Å². The van der Waals surface area contributed by atoms with E-state index in [1.54, 1.807) is 42.5 Å². The molecule has 0 bridgehead atoms. The topological polar surface area (TPSA) is 76.7 Å². The van der Waals surface area contributed by atoms with Crippen molar-refractivity contribution in [1.82, 2.24) is 5.32 Å². The number of hydrogen-bond acceptors (Lipinski definition) is 5. The number of carbonyl (C=O) groups is 2. The maximum Gasteiger partial charge on any atom is 0.337 e. The lowest BCUT2D eigenvalue weighted by Gasteiger charge is -2.15. The third-order valence-corrected chi connectivity index (χ3v) is 4.04. The Morgan fingerprint density at radius 3 is 2.37 bits per heavy atom. The predicted molar refractivity (Wildman–Crippen MR) is 111 cm³/mol. The van der Waals surface area contributed by atoms with Gasteiger partial charge in [0.25, 0.3) is 5.91 Å². The Bertz CT molecular complexity index is 853. The van der Waals surface area contributed by atoms with E-state index in [0.29, 0.717) is 22.6 Å². The first-order valence-corrected chi connectivity index (χ1v) is 9.27. The van der Waals surface area contributed by atoms with Crippen LogP contribution in [0.5, 0.6) is 5.75 Å². The Balaban J connectivity index is 2.06. The van der Waals surface area contributed by atoms with Crippen LogP contribution in [0.1, 0.15) is 34.6 Å². The molecular weight excluding hydrogens is 432 g/mol. The van der Waals surface area contributed by atoms with E-state index in [9.17, 15) is 9.59 Å². The molecule has 6 nitrogen and oxygen atoms in total. The summed E-state index contributed by atoms with van der Waals surface area (Å²) in [4.78, 5) is 24.0. The summed E-state index contributed by atoms with van der Waals surface area (Å²) in [5.41, 5.74) is 1.41. The molecule has 0 atom stereocenters. The van der Waals surface area contributed by atoms with Gasteiger partial charge in [0, 0.05) is 10.2 Å². The summed E-state index contributed by atoms with van der Waals surface area (Å²) >= 11 is 8.55. The zero-order chi connectivity index (χ0) is 20.0. The summed E-state index contributed by atoms with van der Waals surface area (Å²) in [5, 5.41) is 5.65. The molecular formula is C19H19BrN2O4S. The van der Waals surface area contributed by atoms with Crippen molar-refractivity contribution in [3.63, 3.8) is 0 Å². The first-order chi connectivity index (χ1) is 12.8. The van der Waals surface area contributed by atoms with Gasteiger partial charge in [-0.3, -0.25) is 10.1 Å². The minimum absolute atomic E-state index is 0.0730. The van der Waals surface area contributed by atoms with Crippen LogP contribution in [0.4, 0.5) is 5.69 Å². The van der Waals surface area contributed by atoms with Crippen LogP contribution in [0.3, 0.4) is 0 Å². The second-order valence-electron chi connectivity index (χ2n) is 5.78. The molecule has 0 radical (unpaired) electrons. The quantitative estimate of drug-likeness (QED) is 0.526. The van der Waals surface area contributed by atoms with Gasteiger partial charge < -0.3 is 14.8 Å². The summed E-state index contributed by atoms with van der Waals surface area (Å²) in [7, 11) is 1.32. The number of halogens is 1. The molecule has 1 amide bonds. The molecule has 0 saturated heterocycles. The molecule has 0 aliphatic rings. The van der Waals surface area contributed by atoms with Crippen molar-refractivity contribution in [1.29, 1.82) is 0 Å². The third kappa shape index (κ3) is 6.04. The van der Waals surface area contributed by atoms with E-state index >= 15 is 0 Å². The number of benzene rings is 2. The lowest BCUT2D eigenvalue weighted by molar-refractivity contribution is 0.0600. The molecule has 0 unspecified atom stereocenters. The van der Waals surface area contributed by atoms with Crippen LogP contribution in [-0.2, 0) is 4.74 Å². The normalized spacial score (nSPS) is 10.3. The lowest BCUT2D eigenvalue weighted by Crippen LogP contribution is -2.34. The molecule has 2 aromatic carbocycles. The Morgan fingerprint density at radius 2 is 1.78 bits per heavy atom. The molecule has 142 valence electrons. The molecule has 0 fully saturated rings. The molecule has 8 heteroatoms. The Labute approximate surface area is 171 Å². The number of rotatable bonds is 5. The summed E-state index contributed by atoms with van der Waals surface area (Å²) in [6, 6.07) is 11.7. The van der Waals surface area contributed by atoms with E-state index < -0.39 is 11.9 Å². The SMILES string of the molecule is COC(=O)c1ccc(NC(=S)NC(=O)c2cc(Br)ccc2OC(C)C)cc1. The van der Waals surface area contributed by atoms with Gasteiger partial charge in [-0.2, -0.15) is 0 Å². The Hall–Kier alpha value is -2.45. The highest BCUT2D eigenvalue weighted by Gasteiger charge is 2.16. The lowest BCUT2D eigenvalue weighted by atomic mass is 10.2. The highest BCUT2D eigenvalue weighted by Crippen LogP contribution is 2.24. The number of esters is 1. The monoisotopic (exact) mass is 450 g/mol. The maximum atomic E-state index is 12.6. The molecule has 27 heavy (non-hydrogen) atoms. The number of carbonyl (C=O) groups excluding carboxylic acids is 2. The van der Waals surface area contributed by atoms with E-state index in [0.717, 1.165) is 4.47 Å². The Morgan fingerprint density at radius 1 is 1.11 bits per heavy atom. The summed E-state index contributed by atoms with van der Waals surface area (Å²) in [6.45, 7) is 3.77. The van der Waals surface area contributed by atoms with Gasteiger partial charge in [-0.15, -0.1) is 0 Å². The minimum Gasteiger partial charge on any atom is -0.490 e. The van der Waals surface area contributed by atoms with Crippen LogP contribution in [0.15, 0.2) is 46.9 Å². The van der Waals surface area contributed by atoms with E-state index in [4.69, 9.17) is 17.0 Å². The van der Waals surface area contributed by atoms with E-state index in [1.807, 2.05) is 13.8 Å². The van der Waals surface area contributed by atoms with E-state index in [1.165, 1.54) is 7.11 Å². The van der Waals surface area contributed by atoms with Gasteiger partial charge in [-0.1, -0.05) is 15.9 Å². The van der Waals surface area contributed by atoms with Gasteiger partial charge in [-0.25, -0.2) is 4.79 Å². The standard InChI is InChI=1S/C19H19BrN2O4S/c1-11(2)26-16-9-6-13(20)10-15(16)17(23)22-19(27)21-14-7-4-12(5-8-14)18(24)25-3/h4-11H,1-3H3,(H2,21,22,23,27). The van der Waals surface area contributed by atoms with Gasteiger partial charge >= 0.3 is 5.97 Å². The van der Waals surface area contributed by atoms with Crippen molar-refractivity contribution in [2.24, 2.45) is 0 Å². The average Bonchev–Trinajstić information content (AvgIpc) is 2.62. The summed E-state index contributed by atoms with van der Waals surface area (Å²) < 4.78 is 11.1. The third-order valence-electron chi connectivity index (χ3n) is 3.34. The number of methoxy groups -OCH3 is 1. The van der Waals surface area contributed by atoms with Crippen molar-refractivity contribution in [2.45, 2.75) is 20.0 Å². The van der Waals surface area contributed by atoms with Crippen LogP contribution < -0.4 is 15.4 Å². The van der Waals surface area contributed by atoms with Gasteiger partial charge in [0.1, 0.15) is 5.75 Å². The molecule has 0 aliphatic heterocycles. The van der Waals surface area contributed by atoms with Gasteiger partial charge in [0.15, 0.2) is 5.11 Å². The molecule has 0 aliphatic carbocycles. The first-order valence-electron chi connectivity index (χ1n) is 8.07. The van der Waals surface area contributed by atoms with Crippen molar-refractivity contribution in [3.05, 3.63) is 58.1 Å². The molecule has 0 heterocycles. The number of anilines is 1. The first kappa shape index (κ1) is 20.9. The van der Waals surface area contributed by atoms with Gasteiger partial charge in [0.05, 0.1) is 24.3 Å². The largest absolute Gasteiger partial charge is 0.490 e. The fraction of sp³-hybridized carbons (Fsp3) is 0.211. The van der Waals surface area contributed by atoms with Gasteiger partial charge in [-0.05, 0) is 68.5 Å². The molecule has 0 spiro atoms. The van der Waals surface area contributed by atoms with Crippen molar-refractivity contribution in [2.75, 3.05) is 12.4 Å². The number of nitrogens with one attached hydrogen (secondary N) is 2. The van der Waals surface area contributed by atoms with Crippen LogP contribution in [0.25, 0.3) is 0 Å². The highest BCUT2D eigenvalue weighted by molar-refractivity contribution is 9.10. The molecule has 2 rings (SSSR count). The second-order valence-corrected chi connectivity index (χ2v) is 7.11. The fourth-order valence-corrected chi connectivity index (χ4v) is 2.75. The van der Waals surface area contributed by atoms with E-state index in [2.05, 4.69) is 31.3 Å². The van der Waals surface area contributed by atoms with Crippen LogP contribution in [0, 0.1) is 0 Å². The number of amides is 1. The smallest absolute Gasteiger partial charge is 0.337 e. The van der Waals surface area contributed by atoms with Crippen LogP contribution >= 0.6 is 28.1 Å². The molecule has 0 aromatic heterocycles. The maximum absolute atomic E-state index is 12.6. The summed E-state index contributed by atoms with van der Waals surface area (Å²) in [5.74, 6) is -0.351. The Kier molecular flexibility index (Phi) is 7.32. The van der Waals surface area contributed by atoms with Crippen LogP contribution in [0.2, 0.25) is 0 Å². The van der Waals surface area contributed by atoms with E-state index in [-0.39, 0.29) is 11.2 Å². The molecule has 2 N–H and O–H groups in total. The fourth-order valence-electron chi connectivity index (χ4n) is 2.18. The average molecular weight is 451 g/mol. The number of hydrogen-bond donors (Lipinski definition) is 2. The second kappa shape index (κ2) is 9.48.